The van der Waals surface area contributed by atoms with Crippen molar-refractivity contribution >= 4 is 11.7 Å². The average Bonchev–Trinajstić information content (AvgIpc) is 3.15. The SMILES string of the molecule is CCOC(=O)C1CCN(c2cc(C(F)(F)F)ccc2C2CCNC2)CC1. The number of anilines is 1. The molecule has 144 valence electrons. The zero-order valence-electron chi connectivity index (χ0n) is 14.9. The van der Waals surface area contributed by atoms with E-state index in [0.717, 1.165) is 25.1 Å². The summed E-state index contributed by atoms with van der Waals surface area (Å²) in [5.41, 5.74) is 1.02. The van der Waals surface area contributed by atoms with Crippen LogP contribution in [0.25, 0.3) is 0 Å². The maximum Gasteiger partial charge on any atom is 0.416 e. The van der Waals surface area contributed by atoms with Gasteiger partial charge in [-0.15, -0.1) is 0 Å². The lowest BCUT2D eigenvalue weighted by molar-refractivity contribution is -0.148. The number of esters is 1. The van der Waals surface area contributed by atoms with Crippen LogP contribution in [0.3, 0.4) is 0 Å². The lowest BCUT2D eigenvalue weighted by atomic mass is 9.91. The number of ether oxygens (including phenoxy) is 1. The van der Waals surface area contributed by atoms with Gasteiger partial charge in [0.05, 0.1) is 18.1 Å². The molecule has 1 N–H and O–H groups in total. The zero-order chi connectivity index (χ0) is 18.7. The predicted octanol–water partition coefficient (Wildman–Crippen LogP) is 3.56. The van der Waals surface area contributed by atoms with Crippen LogP contribution in [0.5, 0.6) is 0 Å². The lowest BCUT2D eigenvalue weighted by Crippen LogP contribution is -2.37. The van der Waals surface area contributed by atoms with Crippen molar-refractivity contribution in [2.45, 2.75) is 38.3 Å². The van der Waals surface area contributed by atoms with Gasteiger partial charge < -0.3 is 15.0 Å². The smallest absolute Gasteiger partial charge is 0.416 e. The Labute approximate surface area is 151 Å². The summed E-state index contributed by atoms with van der Waals surface area (Å²) in [6, 6.07) is 4.09. The van der Waals surface area contributed by atoms with Crippen LogP contribution in [-0.4, -0.2) is 38.8 Å². The third kappa shape index (κ3) is 4.14. The Morgan fingerprint density at radius 2 is 2.00 bits per heavy atom. The Morgan fingerprint density at radius 1 is 1.27 bits per heavy atom. The minimum absolute atomic E-state index is 0.159. The highest BCUT2D eigenvalue weighted by Gasteiger charge is 2.34. The number of carbonyl (C=O) groups is 1. The lowest BCUT2D eigenvalue weighted by Gasteiger charge is -2.35. The van der Waals surface area contributed by atoms with Gasteiger partial charge in [0.1, 0.15) is 0 Å². The van der Waals surface area contributed by atoms with E-state index < -0.39 is 11.7 Å². The molecule has 1 unspecified atom stereocenters. The van der Waals surface area contributed by atoms with E-state index in [4.69, 9.17) is 4.74 Å². The Balaban J connectivity index is 1.82. The van der Waals surface area contributed by atoms with E-state index in [0.29, 0.717) is 38.2 Å². The molecule has 2 aliphatic rings. The molecular weight excluding hydrogens is 345 g/mol. The molecule has 0 spiro atoms. The van der Waals surface area contributed by atoms with Crippen molar-refractivity contribution in [3.05, 3.63) is 29.3 Å². The number of rotatable bonds is 4. The molecule has 26 heavy (non-hydrogen) atoms. The molecule has 1 atom stereocenters. The first-order valence-corrected chi connectivity index (χ1v) is 9.23. The predicted molar refractivity (Wildman–Crippen MR) is 93.2 cm³/mol. The summed E-state index contributed by atoms with van der Waals surface area (Å²) in [5.74, 6) is -0.125. The number of piperidine rings is 1. The van der Waals surface area contributed by atoms with Crippen molar-refractivity contribution in [2.24, 2.45) is 5.92 Å². The highest BCUT2D eigenvalue weighted by molar-refractivity contribution is 5.73. The summed E-state index contributed by atoms with van der Waals surface area (Å²) in [4.78, 5) is 13.9. The summed E-state index contributed by atoms with van der Waals surface area (Å²) in [6.07, 6.45) is -2.21. The zero-order valence-corrected chi connectivity index (χ0v) is 14.9. The first-order chi connectivity index (χ1) is 12.4. The van der Waals surface area contributed by atoms with E-state index in [-0.39, 0.29) is 17.8 Å². The normalized spacial score (nSPS) is 21.8. The molecule has 2 aliphatic heterocycles. The number of hydrogen-bond donors (Lipinski definition) is 1. The van der Waals surface area contributed by atoms with Crippen molar-refractivity contribution in [1.82, 2.24) is 5.32 Å². The molecule has 0 bridgehead atoms. The molecule has 0 aliphatic carbocycles. The largest absolute Gasteiger partial charge is 0.466 e. The minimum Gasteiger partial charge on any atom is -0.466 e. The molecule has 7 heteroatoms. The van der Waals surface area contributed by atoms with E-state index in [1.54, 1.807) is 13.0 Å². The second-order valence-corrected chi connectivity index (χ2v) is 6.97. The van der Waals surface area contributed by atoms with Gasteiger partial charge >= 0.3 is 12.1 Å². The molecule has 1 aromatic rings. The van der Waals surface area contributed by atoms with Gasteiger partial charge in [-0.2, -0.15) is 13.2 Å². The van der Waals surface area contributed by atoms with Gasteiger partial charge in [-0.1, -0.05) is 6.07 Å². The molecule has 0 radical (unpaired) electrons. The maximum atomic E-state index is 13.2. The number of hydrogen-bond acceptors (Lipinski definition) is 4. The van der Waals surface area contributed by atoms with Crippen LogP contribution in [0.15, 0.2) is 18.2 Å². The summed E-state index contributed by atoms with van der Waals surface area (Å²) in [7, 11) is 0. The Hall–Kier alpha value is -1.76. The molecule has 0 aromatic heterocycles. The molecule has 3 rings (SSSR count). The molecule has 1 aromatic carbocycles. The number of benzene rings is 1. The Kier molecular flexibility index (Phi) is 5.75. The van der Waals surface area contributed by atoms with Crippen LogP contribution in [0, 0.1) is 5.92 Å². The van der Waals surface area contributed by atoms with Gasteiger partial charge in [0, 0.05) is 25.3 Å². The molecule has 4 nitrogen and oxygen atoms in total. The van der Waals surface area contributed by atoms with Crippen LogP contribution in [0.4, 0.5) is 18.9 Å². The van der Waals surface area contributed by atoms with Gasteiger partial charge in [0.2, 0.25) is 0 Å². The fourth-order valence-electron chi connectivity index (χ4n) is 3.88. The third-order valence-electron chi connectivity index (χ3n) is 5.31. The summed E-state index contributed by atoms with van der Waals surface area (Å²) in [5, 5.41) is 3.28. The van der Waals surface area contributed by atoms with E-state index in [2.05, 4.69) is 5.32 Å². The molecular formula is C19H25F3N2O2. The molecule has 0 amide bonds. The second kappa shape index (κ2) is 7.86. The number of carbonyl (C=O) groups excluding carboxylic acids is 1. The number of nitrogens with zero attached hydrogens (tertiary/aromatic N) is 1. The Morgan fingerprint density at radius 3 is 2.58 bits per heavy atom. The van der Waals surface area contributed by atoms with Gasteiger partial charge in [0.25, 0.3) is 0 Å². The van der Waals surface area contributed by atoms with Crippen LogP contribution >= 0.6 is 0 Å². The fourth-order valence-corrected chi connectivity index (χ4v) is 3.88. The maximum absolute atomic E-state index is 13.2. The van der Waals surface area contributed by atoms with E-state index in [1.165, 1.54) is 12.1 Å². The first-order valence-electron chi connectivity index (χ1n) is 9.23. The Bertz CT molecular complexity index is 634. The number of nitrogens with one attached hydrogen (secondary N) is 1. The van der Waals surface area contributed by atoms with Crippen LogP contribution < -0.4 is 10.2 Å². The standard InChI is InChI=1S/C19H25F3N2O2/c1-2-26-18(25)13-6-9-24(10-7-13)17-11-15(19(20,21)22)3-4-16(17)14-5-8-23-12-14/h3-4,11,13-14,23H,2,5-10,12H2,1H3. The van der Waals surface area contributed by atoms with Crippen molar-refractivity contribution < 1.29 is 22.7 Å². The van der Waals surface area contributed by atoms with Crippen LogP contribution in [0.2, 0.25) is 0 Å². The highest BCUT2D eigenvalue weighted by atomic mass is 19.4. The highest BCUT2D eigenvalue weighted by Crippen LogP contribution is 2.38. The number of alkyl halides is 3. The van der Waals surface area contributed by atoms with E-state index in [1.807, 2.05) is 4.90 Å². The van der Waals surface area contributed by atoms with Crippen molar-refractivity contribution in [3.8, 4) is 0 Å². The monoisotopic (exact) mass is 370 g/mol. The third-order valence-corrected chi connectivity index (χ3v) is 5.31. The molecule has 2 saturated heterocycles. The van der Waals surface area contributed by atoms with Crippen molar-refractivity contribution in [2.75, 3.05) is 37.7 Å². The van der Waals surface area contributed by atoms with Gasteiger partial charge in [0.15, 0.2) is 0 Å². The van der Waals surface area contributed by atoms with Crippen molar-refractivity contribution in [3.63, 3.8) is 0 Å². The summed E-state index contributed by atoms with van der Waals surface area (Å²) in [6.45, 7) is 4.94. The topological polar surface area (TPSA) is 41.6 Å². The minimum atomic E-state index is -4.36. The molecule has 2 heterocycles. The van der Waals surface area contributed by atoms with Crippen LogP contribution in [-0.2, 0) is 15.7 Å². The molecule has 2 fully saturated rings. The summed E-state index contributed by atoms with van der Waals surface area (Å²) >= 11 is 0. The van der Waals surface area contributed by atoms with Gasteiger partial charge in [-0.3, -0.25) is 4.79 Å². The fraction of sp³-hybridized carbons (Fsp3) is 0.632. The first kappa shape index (κ1) is 19.0. The molecule has 0 saturated carbocycles. The van der Waals surface area contributed by atoms with Crippen LogP contribution in [0.1, 0.15) is 43.2 Å². The second-order valence-electron chi connectivity index (χ2n) is 6.97. The van der Waals surface area contributed by atoms with Gasteiger partial charge in [-0.25, -0.2) is 0 Å². The van der Waals surface area contributed by atoms with Gasteiger partial charge in [-0.05, 0) is 56.3 Å². The number of halogens is 3. The summed E-state index contributed by atoms with van der Waals surface area (Å²) < 4.78 is 44.7. The van der Waals surface area contributed by atoms with Crippen molar-refractivity contribution in [1.29, 1.82) is 0 Å². The van der Waals surface area contributed by atoms with E-state index in [9.17, 15) is 18.0 Å². The average molecular weight is 370 g/mol. The quantitative estimate of drug-likeness (QED) is 0.823. The van der Waals surface area contributed by atoms with E-state index >= 15 is 0 Å².